The molecule has 1 fully saturated rings. The summed E-state index contributed by atoms with van der Waals surface area (Å²) in [6.07, 6.45) is 1.68. The zero-order valence-electron chi connectivity index (χ0n) is 15.7. The molecule has 1 heterocycles. The fourth-order valence-electron chi connectivity index (χ4n) is 2.65. The number of thioether (sulfide) groups is 1. The number of nitrogens with zero attached hydrogens (tertiary/aromatic N) is 1. The summed E-state index contributed by atoms with van der Waals surface area (Å²) in [7, 11) is 0. The fraction of sp³-hybridized carbons (Fsp3) is 0.190. The van der Waals surface area contributed by atoms with Crippen LogP contribution in [0.3, 0.4) is 0 Å². The predicted molar refractivity (Wildman–Crippen MR) is 117 cm³/mol. The van der Waals surface area contributed by atoms with E-state index in [1.165, 1.54) is 0 Å². The zero-order valence-corrected chi connectivity index (χ0v) is 18.1. The second kappa shape index (κ2) is 9.76. The first-order chi connectivity index (χ1) is 13.9. The van der Waals surface area contributed by atoms with E-state index in [1.807, 2.05) is 49.4 Å². The van der Waals surface area contributed by atoms with Gasteiger partial charge in [-0.3, -0.25) is 19.3 Å². The van der Waals surface area contributed by atoms with Gasteiger partial charge in [-0.15, -0.1) is 0 Å². The van der Waals surface area contributed by atoms with E-state index in [1.54, 1.807) is 12.1 Å². The maximum Gasteiger partial charge on any atom is 0.293 e. The molecule has 0 unspecified atom stereocenters. The molecule has 1 saturated heterocycles. The minimum absolute atomic E-state index is 0.108. The molecule has 0 aromatic heterocycles. The molecule has 0 bridgehead atoms. The third-order valence-corrected chi connectivity index (χ3v) is 5.44. The van der Waals surface area contributed by atoms with Gasteiger partial charge in [0.15, 0.2) is 6.61 Å². The summed E-state index contributed by atoms with van der Waals surface area (Å²) in [6, 6.07) is 14.9. The van der Waals surface area contributed by atoms with E-state index in [9.17, 15) is 14.4 Å². The third-order valence-electron chi connectivity index (χ3n) is 4.04. The Morgan fingerprint density at radius 3 is 2.76 bits per heavy atom. The van der Waals surface area contributed by atoms with Crippen LogP contribution in [-0.2, 0) is 9.59 Å². The number of benzene rings is 2. The van der Waals surface area contributed by atoms with Crippen molar-refractivity contribution in [3.63, 3.8) is 0 Å². The van der Waals surface area contributed by atoms with Crippen LogP contribution in [0.15, 0.2) is 57.9 Å². The Balaban J connectivity index is 1.48. The van der Waals surface area contributed by atoms with Gasteiger partial charge in [0, 0.05) is 17.6 Å². The summed E-state index contributed by atoms with van der Waals surface area (Å²) in [5.74, 6) is -0.0582. The second-order valence-electron chi connectivity index (χ2n) is 6.34. The quantitative estimate of drug-likeness (QED) is 0.613. The summed E-state index contributed by atoms with van der Waals surface area (Å²) in [4.78, 5) is 38.1. The molecule has 1 N–H and O–H groups in total. The van der Waals surface area contributed by atoms with Crippen LogP contribution >= 0.6 is 27.7 Å². The van der Waals surface area contributed by atoms with Crippen LogP contribution in [0.5, 0.6) is 5.75 Å². The number of imide groups is 1. The second-order valence-corrected chi connectivity index (χ2v) is 8.25. The van der Waals surface area contributed by atoms with Crippen molar-refractivity contribution in [2.45, 2.75) is 6.92 Å². The normalized spacial score (nSPS) is 15.1. The molecule has 0 aliphatic carbocycles. The molecular weight excluding hydrogens is 456 g/mol. The summed E-state index contributed by atoms with van der Waals surface area (Å²) in [6.45, 7) is 2.08. The maximum atomic E-state index is 12.5. The maximum absolute atomic E-state index is 12.5. The summed E-state index contributed by atoms with van der Waals surface area (Å²) in [5.41, 5.74) is 1.87. The van der Waals surface area contributed by atoms with Crippen LogP contribution in [-0.4, -0.2) is 41.6 Å². The van der Waals surface area contributed by atoms with Crippen LogP contribution in [0.4, 0.5) is 4.79 Å². The van der Waals surface area contributed by atoms with Crippen LogP contribution in [0, 0.1) is 6.92 Å². The Bertz CT molecular complexity index is 977. The first-order valence-corrected chi connectivity index (χ1v) is 10.5. The zero-order chi connectivity index (χ0) is 20.8. The molecule has 8 heteroatoms. The topological polar surface area (TPSA) is 75.7 Å². The Morgan fingerprint density at radius 1 is 1.21 bits per heavy atom. The van der Waals surface area contributed by atoms with Gasteiger partial charge in [0.1, 0.15) is 5.75 Å². The van der Waals surface area contributed by atoms with E-state index in [0.717, 1.165) is 32.3 Å². The molecule has 1 aliphatic heterocycles. The number of carbonyl (C=O) groups excluding carboxylic acids is 3. The minimum Gasteiger partial charge on any atom is -0.484 e. The van der Waals surface area contributed by atoms with Gasteiger partial charge in [-0.2, -0.15) is 0 Å². The third kappa shape index (κ3) is 5.95. The van der Waals surface area contributed by atoms with Crippen molar-refractivity contribution >= 4 is 50.8 Å². The van der Waals surface area contributed by atoms with E-state index in [-0.39, 0.29) is 36.7 Å². The highest BCUT2D eigenvalue weighted by Gasteiger charge is 2.34. The molecule has 150 valence electrons. The van der Waals surface area contributed by atoms with Crippen LogP contribution < -0.4 is 10.1 Å². The first-order valence-electron chi connectivity index (χ1n) is 8.89. The van der Waals surface area contributed by atoms with Gasteiger partial charge in [0.2, 0.25) is 0 Å². The molecule has 2 aromatic rings. The summed E-state index contributed by atoms with van der Waals surface area (Å²) in [5, 5.41) is 2.32. The van der Waals surface area contributed by atoms with Crippen LogP contribution in [0.25, 0.3) is 6.08 Å². The van der Waals surface area contributed by atoms with Crippen molar-refractivity contribution in [2.24, 2.45) is 0 Å². The average Bonchev–Trinajstić information content (AvgIpc) is 2.94. The van der Waals surface area contributed by atoms with E-state index < -0.39 is 0 Å². The average molecular weight is 475 g/mol. The van der Waals surface area contributed by atoms with Crippen molar-refractivity contribution in [3.8, 4) is 5.75 Å². The van der Waals surface area contributed by atoms with E-state index in [2.05, 4.69) is 21.2 Å². The Labute approximate surface area is 181 Å². The molecule has 29 heavy (non-hydrogen) atoms. The monoisotopic (exact) mass is 474 g/mol. The number of carbonyl (C=O) groups is 3. The summed E-state index contributed by atoms with van der Waals surface area (Å²) >= 11 is 4.28. The fourth-order valence-corrected chi connectivity index (χ4v) is 3.93. The summed E-state index contributed by atoms with van der Waals surface area (Å²) < 4.78 is 6.32. The van der Waals surface area contributed by atoms with Gasteiger partial charge in [-0.1, -0.05) is 40.2 Å². The SMILES string of the molecule is Cc1cccc(OCC(=O)NCCN2C(=O)SC(=Cc3cccc(Br)c3)C2=O)c1. The lowest BCUT2D eigenvalue weighted by Gasteiger charge is -2.13. The molecule has 1 aliphatic rings. The van der Waals surface area contributed by atoms with Crippen molar-refractivity contribution in [1.29, 1.82) is 0 Å². The van der Waals surface area contributed by atoms with Gasteiger partial charge in [0.05, 0.1) is 4.91 Å². The van der Waals surface area contributed by atoms with Crippen molar-refractivity contribution in [1.82, 2.24) is 10.2 Å². The molecule has 0 saturated carbocycles. The minimum atomic E-state index is -0.356. The number of amides is 3. The van der Waals surface area contributed by atoms with E-state index in [0.29, 0.717) is 10.7 Å². The Morgan fingerprint density at radius 2 is 2.00 bits per heavy atom. The van der Waals surface area contributed by atoms with Crippen molar-refractivity contribution < 1.29 is 19.1 Å². The number of rotatable bonds is 7. The Kier molecular flexibility index (Phi) is 7.11. The molecule has 0 radical (unpaired) electrons. The highest BCUT2D eigenvalue weighted by atomic mass is 79.9. The van der Waals surface area contributed by atoms with Gasteiger partial charge < -0.3 is 10.1 Å². The number of aryl methyl sites for hydroxylation is 1. The van der Waals surface area contributed by atoms with Gasteiger partial charge in [0.25, 0.3) is 17.1 Å². The molecule has 0 atom stereocenters. The highest BCUT2D eigenvalue weighted by Crippen LogP contribution is 2.32. The molecular formula is C21H19BrN2O4S. The number of ether oxygens (including phenoxy) is 1. The highest BCUT2D eigenvalue weighted by molar-refractivity contribution is 9.10. The first kappa shape index (κ1) is 21.1. The van der Waals surface area contributed by atoms with E-state index in [4.69, 9.17) is 4.74 Å². The van der Waals surface area contributed by atoms with Crippen LogP contribution in [0.2, 0.25) is 0 Å². The molecule has 2 aromatic carbocycles. The lowest BCUT2D eigenvalue weighted by molar-refractivity contribution is -0.125. The number of halogens is 1. The molecule has 3 amide bonds. The predicted octanol–water partition coefficient (Wildman–Crippen LogP) is 3.99. The number of hydrogen-bond donors (Lipinski definition) is 1. The van der Waals surface area contributed by atoms with Gasteiger partial charge in [-0.05, 0) is 60.2 Å². The lowest BCUT2D eigenvalue weighted by Crippen LogP contribution is -2.38. The molecule has 3 rings (SSSR count). The smallest absolute Gasteiger partial charge is 0.293 e. The van der Waals surface area contributed by atoms with E-state index >= 15 is 0 Å². The standard InChI is InChI=1S/C21H19BrN2O4S/c1-14-4-2-7-17(10-14)28-13-19(25)23-8-9-24-20(26)18(29-21(24)27)12-15-5-3-6-16(22)11-15/h2-7,10-12H,8-9,13H2,1H3,(H,23,25). The Hall–Kier alpha value is -2.58. The number of nitrogens with one attached hydrogen (secondary N) is 1. The molecule has 0 spiro atoms. The van der Waals surface area contributed by atoms with Gasteiger partial charge >= 0.3 is 0 Å². The van der Waals surface area contributed by atoms with Gasteiger partial charge in [-0.25, -0.2) is 0 Å². The van der Waals surface area contributed by atoms with Crippen molar-refractivity contribution in [3.05, 3.63) is 69.0 Å². The lowest BCUT2D eigenvalue weighted by atomic mass is 10.2. The van der Waals surface area contributed by atoms with Crippen molar-refractivity contribution in [2.75, 3.05) is 19.7 Å². The number of hydrogen-bond acceptors (Lipinski definition) is 5. The van der Waals surface area contributed by atoms with Crippen LogP contribution in [0.1, 0.15) is 11.1 Å². The molecule has 6 nitrogen and oxygen atoms in total. The largest absolute Gasteiger partial charge is 0.484 e.